The molecule has 0 bridgehead atoms. The predicted octanol–water partition coefficient (Wildman–Crippen LogP) is 8.93. The van der Waals surface area contributed by atoms with Crippen LogP contribution < -0.4 is 0 Å². The minimum atomic E-state index is -0.352. The minimum Gasteiger partial charge on any atom is -0.341 e. The molecule has 0 spiro atoms. The van der Waals surface area contributed by atoms with Crippen LogP contribution in [0.2, 0.25) is 5.02 Å². The fraction of sp³-hybridized carbons (Fsp3) is 0.200. The van der Waals surface area contributed by atoms with Gasteiger partial charge in [0.15, 0.2) is 11.6 Å². The third-order valence-corrected chi connectivity index (χ3v) is 8.29. The molecule has 0 atom stereocenters. The summed E-state index contributed by atoms with van der Waals surface area (Å²) in [7, 11) is 0. The predicted molar refractivity (Wildman–Crippen MR) is 177 cm³/mol. The van der Waals surface area contributed by atoms with E-state index in [-0.39, 0.29) is 17.5 Å². The van der Waals surface area contributed by atoms with Gasteiger partial charge in [0.25, 0.3) is 0 Å². The second kappa shape index (κ2) is 14.8. The number of carbonyl (C=O) groups is 3. The van der Waals surface area contributed by atoms with E-state index in [1.807, 2.05) is 91.9 Å². The number of hydrogen-bond donors (Lipinski definition) is 0. The highest BCUT2D eigenvalue weighted by molar-refractivity contribution is 7.99. The van der Waals surface area contributed by atoms with E-state index in [2.05, 4.69) is 28.2 Å². The zero-order chi connectivity index (χ0) is 30.9. The van der Waals surface area contributed by atoms with Crippen molar-refractivity contribution >= 4 is 69.4 Å². The standard InChI is InChI=1S/C31H26ClNO2S.C4H7NO2/c1-3-33-28-14-8-21(30(34)16-17-36-24-12-10-23(32)11-13-24)18-26(28)27-19-22(9-15-29(27)33)31(35)25-7-5-4-6-20(25)2;1-3-4(6)7-5-2/h4-15,18-19H,3,16-17H2,1-2H3;2-3H2,1H3. The summed E-state index contributed by atoms with van der Waals surface area (Å²) >= 11 is 7.61. The molecule has 1 aromatic heterocycles. The molecule has 0 aliphatic heterocycles. The van der Waals surface area contributed by atoms with Crippen LogP contribution in [0.5, 0.6) is 0 Å². The van der Waals surface area contributed by atoms with Gasteiger partial charge in [0.2, 0.25) is 0 Å². The molecule has 0 aliphatic carbocycles. The fourth-order valence-electron chi connectivity index (χ4n) is 4.82. The van der Waals surface area contributed by atoms with Crippen molar-refractivity contribution in [3.05, 3.63) is 112 Å². The Morgan fingerprint density at radius 3 is 2.09 bits per heavy atom. The molecule has 6 nitrogen and oxygen atoms in total. The van der Waals surface area contributed by atoms with Gasteiger partial charge >= 0.3 is 5.97 Å². The van der Waals surface area contributed by atoms with E-state index in [9.17, 15) is 14.4 Å². The lowest BCUT2D eigenvalue weighted by molar-refractivity contribution is -0.143. The van der Waals surface area contributed by atoms with E-state index in [1.165, 1.54) is 0 Å². The van der Waals surface area contributed by atoms with Crippen LogP contribution >= 0.6 is 23.4 Å². The number of oxime groups is 1. The molecule has 0 amide bonds. The van der Waals surface area contributed by atoms with Gasteiger partial charge in [-0.1, -0.05) is 47.9 Å². The highest BCUT2D eigenvalue weighted by Crippen LogP contribution is 2.32. The van der Waals surface area contributed by atoms with Gasteiger partial charge < -0.3 is 9.40 Å². The fourth-order valence-corrected chi connectivity index (χ4v) is 5.79. The topological polar surface area (TPSA) is 77.7 Å². The molecule has 0 saturated heterocycles. The number of carbonyl (C=O) groups excluding carboxylic acids is 3. The van der Waals surface area contributed by atoms with Crippen molar-refractivity contribution in [2.24, 2.45) is 5.16 Å². The normalized spacial score (nSPS) is 10.7. The minimum absolute atomic E-state index is 0.0128. The zero-order valence-electron chi connectivity index (χ0n) is 24.4. The first-order chi connectivity index (χ1) is 20.8. The first-order valence-corrected chi connectivity index (χ1v) is 15.4. The Morgan fingerprint density at radius 1 is 0.884 bits per heavy atom. The van der Waals surface area contributed by atoms with Crippen molar-refractivity contribution in [2.45, 2.75) is 45.1 Å². The summed E-state index contributed by atoms with van der Waals surface area (Å²) in [5.41, 5.74) is 5.16. The second-order valence-corrected chi connectivity index (χ2v) is 11.4. The number of ketones is 2. The SMILES string of the molecule is C=NOC(=O)CC.CCn1c2ccc(C(=O)CCSc3ccc(Cl)cc3)cc2c2cc(C(=O)c3ccccc3C)ccc21. The summed E-state index contributed by atoms with van der Waals surface area (Å²) in [6, 6.07) is 27.2. The molecule has 5 aromatic rings. The lowest BCUT2D eigenvalue weighted by Gasteiger charge is -2.06. The molecule has 0 unspecified atom stereocenters. The molecule has 0 N–H and O–H groups in total. The van der Waals surface area contributed by atoms with E-state index >= 15 is 0 Å². The Bertz CT molecular complexity index is 1790. The van der Waals surface area contributed by atoms with Gasteiger partial charge in [0.1, 0.15) is 0 Å². The van der Waals surface area contributed by atoms with E-state index < -0.39 is 0 Å². The first kappa shape index (κ1) is 31.7. The largest absolute Gasteiger partial charge is 0.341 e. The van der Waals surface area contributed by atoms with E-state index in [1.54, 1.807) is 18.7 Å². The van der Waals surface area contributed by atoms with Gasteiger partial charge in [-0.3, -0.25) is 9.59 Å². The van der Waals surface area contributed by atoms with Crippen LogP contribution in [-0.4, -0.2) is 34.6 Å². The summed E-state index contributed by atoms with van der Waals surface area (Å²) in [5, 5.41) is 5.61. The number of nitrogens with zero attached hydrogens (tertiary/aromatic N) is 2. The molecule has 1 heterocycles. The maximum atomic E-state index is 13.3. The summed E-state index contributed by atoms with van der Waals surface area (Å²) in [6.45, 7) is 9.51. The Labute approximate surface area is 260 Å². The quantitative estimate of drug-likeness (QED) is 0.0517. The monoisotopic (exact) mass is 612 g/mol. The molecule has 0 radical (unpaired) electrons. The zero-order valence-corrected chi connectivity index (χ0v) is 26.0. The molecule has 0 aliphatic rings. The highest BCUT2D eigenvalue weighted by atomic mass is 35.5. The van der Waals surface area contributed by atoms with Gasteiger partial charge in [-0.05, 0) is 80.1 Å². The Kier molecular flexibility index (Phi) is 10.9. The van der Waals surface area contributed by atoms with Crippen molar-refractivity contribution < 1.29 is 19.2 Å². The molecule has 43 heavy (non-hydrogen) atoms. The van der Waals surface area contributed by atoms with Crippen LogP contribution in [-0.2, 0) is 16.2 Å². The van der Waals surface area contributed by atoms with Gasteiger partial charge in [-0.25, -0.2) is 4.79 Å². The summed E-state index contributed by atoms with van der Waals surface area (Å²) in [6.07, 6.45) is 0.793. The van der Waals surface area contributed by atoms with Crippen molar-refractivity contribution in [1.82, 2.24) is 4.57 Å². The number of benzene rings is 4. The lowest BCUT2D eigenvalue weighted by atomic mass is 9.97. The first-order valence-electron chi connectivity index (χ1n) is 14.0. The maximum Gasteiger partial charge on any atom is 0.334 e. The second-order valence-electron chi connectivity index (χ2n) is 9.77. The molecule has 5 rings (SSSR count). The third-order valence-electron chi connectivity index (χ3n) is 7.02. The summed E-state index contributed by atoms with van der Waals surface area (Å²) < 4.78 is 2.23. The van der Waals surface area contributed by atoms with E-state index in [4.69, 9.17) is 11.6 Å². The average Bonchev–Trinajstić information content (AvgIpc) is 3.34. The maximum absolute atomic E-state index is 13.3. The van der Waals surface area contributed by atoms with Gasteiger partial charge in [-0.15, -0.1) is 11.8 Å². The van der Waals surface area contributed by atoms with Gasteiger partial charge in [0, 0.05) is 80.3 Å². The Balaban J connectivity index is 0.000000541. The number of hydrogen-bond acceptors (Lipinski definition) is 6. The van der Waals surface area contributed by atoms with Crippen LogP contribution in [0.15, 0.2) is 95.0 Å². The number of fused-ring (bicyclic) bond motifs is 3. The number of halogens is 1. The number of rotatable bonds is 10. The van der Waals surface area contributed by atoms with Crippen LogP contribution in [0.25, 0.3) is 21.8 Å². The lowest BCUT2D eigenvalue weighted by Crippen LogP contribution is -2.03. The van der Waals surface area contributed by atoms with Crippen molar-refractivity contribution in [2.75, 3.05) is 5.75 Å². The van der Waals surface area contributed by atoms with Crippen LogP contribution in [0.3, 0.4) is 0 Å². The Hall–Kier alpha value is -4.20. The smallest absolute Gasteiger partial charge is 0.334 e. The van der Waals surface area contributed by atoms with Crippen LogP contribution in [0, 0.1) is 6.92 Å². The van der Waals surface area contributed by atoms with Gasteiger partial charge in [-0.2, -0.15) is 0 Å². The number of aromatic nitrogens is 1. The van der Waals surface area contributed by atoms with Crippen molar-refractivity contribution in [1.29, 1.82) is 0 Å². The average molecular weight is 613 g/mol. The van der Waals surface area contributed by atoms with Crippen LogP contribution in [0.1, 0.15) is 58.5 Å². The van der Waals surface area contributed by atoms with E-state index in [0.717, 1.165) is 38.8 Å². The summed E-state index contributed by atoms with van der Waals surface area (Å²) in [4.78, 5) is 41.5. The Morgan fingerprint density at radius 2 is 1.51 bits per heavy atom. The molecule has 8 heteroatoms. The van der Waals surface area contributed by atoms with Crippen LogP contribution in [0.4, 0.5) is 0 Å². The molecule has 0 saturated carbocycles. The number of thioether (sulfide) groups is 1. The molecule has 0 fully saturated rings. The summed E-state index contributed by atoms with van der Waals surface area (Å²) in [5.74, 6) is 0.473. The molecule has 4 aromatic carbocycles. The van der Waals surface area contributed by atoms with Gasteiger partial charge in [0.05, 0.1) is 0 Å². The highest BCUT2D eigenvalue weighted by Gasteiger charge is 2.17. The molecule has 220 valence electrons. The molecular weight excluding hydrogens is 580 g/mol. The van der Waals surface area contributed by atoms with E-state index in [0.29, 0.717) is 40.3 Å². The van der Waals surface area contributed by atoms with Crippen molar-refractivity contribution in [3.8, 4) is 0 Å². The number of Topliss-reactive ketones (excluding diaryl/α,β-unsaturated/α-hetero) is 1. The molecular formula is C35H33ClN2O4S. The third kappa shape index (κ3) is 7.61. The number of aryl methyl sites for hydroxylation is 2. The van der Waals surface area contributed by atoms with Crippen molar-refractivity contribution in [3.63, 3.8) is 0 Å².